The molecule has 0 saturated carbocycles. The van der Waals surface area contributed by atoms with E-state index in [2.05, 4.69) is 5.32 Å². The quantitative estimate of drug-likeness (QED) is 0.611. The van der Waals surface area contributed by atoms with E-state index >= 15 is 0 Å². The lowest BCUT2D eigenvalue weighted by Crippen LogP contribution is -2.42. The minimum absolute atomic E-state index is 0.205. The van der Waals surface area contributed by atoms with Gasteiger partial charge in [-0.15, -0.1) is 0 Å². The Kier molecular flexibility index (Phi) is 3.27. The molecular formula is C7H14N2O3S. The lowest BCUT2D eigenvalue weighted by Gasteiger charge is -2.21. The van der Waals surface area contributed by atoms with E-state index in [-0.39, 0.29) is 5.92 Å². The standard InChI is InChI=1S/C7H14N2O3S/c1-13(11,12)9-7(10)6-3-2-4-8-5-6/h6,8H,2-5H2,1H3,(H,9,10). The molecule has 0 aromatic carbocycles. The van der Waals surface area contributed by atoms with E-state index in [1.54, 1.807) is 0 Å². The molecule has 1 saturated heterocycles. The van der Waals surface area contributed by atoms with E-state index in [9.17, 15) is 13.2 Å². The Balaban J connectivity index is 2.47. The molecule has 76 valence electrons. The first-order valence-corrected chi connectivity index (χ1v) is 6.10. The number of piperidine rings is 1. The zero-order valence-electron chi connectivity index (χ0n) is 7.54. The first kappa shape index (κ1) is 10.5. The van der Waals surface area contributed by atoms with Crippen molar-refractivity contribution in [2.75, 3.05) is 19.3 Å². The predicted octanol–water partition coefficient (Wildman–Crippen LogP) is -0.938. The fourth-order valence-electron chi connectivity index (χ4n) is 1.34. The van der Waals surface area contributed by atoms with Gasteiger partial charge in [0, 0.05) is 6.54 Å². The Hall–Kier alpha value is -0.620. The van der Waals surface area contributed by atoms with Gasteiger partial charge in [0.1, 0.15) is 0 Å². The minimum atomic E-state index is -3.40. The van der Waals surface area contributed by atoms with Crippen LogP contribution in [0, 0.1) is 5.92 Å². The van der Waals surface area contributed by atoms with Gasteiger partial charge in [0.05, 0.1) is 12.2 Å². The number of hydrogen-bond acceptors (Lipinski definition) is 4. The summed E-state index contributed by atoms with van der Waals surface area (Å²) in [5, 5.41) is 3.05. The van der Waals surface area contributed by atoms with Crippen molar-refractivity contribution >= 4 is 15.9 Å². The summed E-state index contributed by atoms with van der Waals surface area (Å²) in [5.41, 5.74) is 0. The Morgan fingerprint density at radius 3 is 2.69 bits per heavy atom. The molecule has 6 heteroatoms. The molecule has 1 atom stereocenters. The van der Waals surface area contributed by atoms with Crippen LogP contribution in [0.4, 0.5) is 0 Å². The van der Waals surface area contributed by atoms with E-state index in [4.69, 9.17) is 0 Å². The Bertz CT molecular complexity index is 280. The van der Waals surface area contributed by atoms with Crippen molar-refractivity contribution in [1.29, 1.82) is 0 Å². The van der Waals surface area contributed by atoms with Gasteiger partial charge in [0.15, 0.2) is 0 Å². The molecule has 0 spiro atoms. The molecule has 0 bridgehead atoms. The van der Waals surface area contributed by atoms with Crippen molar-refractivity contribution in [3.8, 4) is 0 Å². The van der Waals surface area contributed by atoms with Crippen LogP contribution in [0.2, 0.25) is 0 Å². The highest BCUT2D eigenvalue weighted by molar-refractivity contribution is 7.89. The lowest BCUT2D eigenvalue weighted by molar-refractivity contribution is -0.123. The van der Waals surface area contributed by atoms with E-state index in [0.29, 0.717) is 6.54 Å². The molecule has 13 heavy (non-hydrogen) atoms. The molecule has 5 nitrogen and oxygen atoms in total. The van der Waals surface area contributed by atoms with Crippen molar-refractivity contribution in [3.05, 3.63) is 0 Å². The van der Waals surface area contributed by atoms with Gasteiger partial charge in [-0.25, -0.2) is 8.42 Å². The van der Waals surface area contributed by atoms with Gasteiger partial charge in [0.25, 0.3) is 0 Å². The number of hydrogen-bond donors (Lipinski definition) is 2. The number of carbonyl (C=O) groups is 1. The molecule has 1 rings (SSSR count). The number of amides is 1. The van der Waals surface area contributed by atoms with Crippen LogP contribution in [0.3, 0.4) is 0 Å². The second kappa shape index (κ2) is 4.06. The smallest absolute Gasteiger partial charge is 0.237 e. The van der Waals surface area contributed by atoms with Crippen molar-refractivity contribution < 1.29 is 13.2 Å². The third-order valence-electron chi connectivity index (χ3n) is 1.95. The number of rotatable bonds is 2. The molecule has 2 N–H and O–H groups in total. The molecule has 0 aliphatic carbocycles. The summed E-state index contributed by atoms with van der Waals surface area (Å²) in [5.74, 6) is -0.599. The maximum atomic E-state index is 11.3. The summed E-state index contributed by atoms with van der Waals surface area (Å²) in [7, 11) is -3.40. The van der Waals surface area contributed by atoms with Gasteiger partial charge < -0.3 is 5.32 Å². The third kappa shape index (κ3) is 3.73. The van der Waals surface area contributed by atoms with Crippen LogP contribution in [0.15, 0.2) is 0 Å². The van der Waals surface area contributed by atoms with Crippen molar-refractivity contribution in [1.82, 2.24) is 10.0 Å². The molecule has 1 unspecified atom stereocenters. The average Bonchev–Trinajstić information content (AvgIpc) is 2.03. The van der Waals surface area contributed by atoms with Crippen molar-refractivity contribution in [2.45, 2.75) is 12.8 Å². The maximum Gasteiger partial charge on any atom is 0.237 e. The zero-order chi connectivity index (χ0) is 9.90. The second-order valence-electron chi connectivity index (χ2n) is 3.28. The molecule has 1 amide bonds. The maximum absolute atomic E-state index is 11.3. The number of nitrogens with one attached hydrogen (secondary N) is 2. The summed E-state index contributed by atoms with van der Waals surface area (Å²) in [6.07, 6.45) is 2.66. The van der Waals surface area contributed by atoms with E-state index in [0.717, 1.165) is 25.6 Å². The van der Waals surface area contributed by atoms with Gasteiger partial charge in [0.2, 0.25) is 15.9 Å². The van der Waals surface area contributed by atoms with Crippen LogP contribution in [-0.2, 0) is 14.8 Å². The molecule has 0 aromatic heterocycles. The van der Waals surface area contributed by atoms with E-state index in [1.807, 2.05) is 4.72 Å². The molecule has 1 heterocycles. The first-order valence-electron chi connectivity index (χ1n) is 4.21. The van der Waals surface area contributed by atoms with Gasteiger partial charge in [-0.2, -0.15) is 0 Å². The van der Waals surface area contributed by atoms with Crippen molar-refractivity contribution in [2.24, 2.45) is 5.92 Å². The van der Waals surface area contributed by atoms with Crippen molar-refractivity contribution in [3.63, 3.8) is 0 Å². The molecular weight excluding hydrogens is 192 g/mol. The largest absolute Gasteiger partial charge is 0.316 e. The predicted molar refractivity (Wildman–Crippen MR) is 48.6 cm³/mol. The summed E-state index contributed by atoms with van der Waals surface area (Å²) >= 11 is 0. The topological polar surface area (TPSA) is 75.3 Å². The third-order valence-corrected chi connectivity index (χ3v) is 2.53. The van der Waals surface area contributed by atoms with Gasteiger partial charge in [-0.3, -0.25) is 9.52 Å². The van der Waals surface area contributed by atoms with Crippen LogP contribution in [0.5, 0.6) is 0 Å². The molecule has 0 radical (unpaired) electrons. The Morgan fingerprint density at radius 1 is 1.54 bits per heavy atom. The molecule has 1 aliphatic rings. The van der Waals surface area contributed by atoms with Gasteiger partial charge >= 0.3 is 0 Å². The highest BCUT2D eigenvalue weighted by Gasteiger charge is 2.22. The number of carbonyl (C=O) groups excluding carboxylic acids is 1. The van der Waals surface area contributed by atoms with Gasteiger partial charge in [-0.05, 0) is 19.4 Å². The Labute approximate surface area is 77.9 Å². The van der Waals surface area contributed by atoms with Gasteiger partial charge in [-0.1, -0.05) is 0 Å². The SMILES string of the molecule is CS(=O)(=O)NC(=O)C1CCCNC1. The van der Waals surface area contributed by atoms with Crippen LogP contribution >= 0.6 is 0 Å². The summed E-state index contributed by atoms with van der Waals surface area (Å²) in [4.78, 5) is 11.3. The highest BCUT2D eigenvalue weighted by atomic mass is 32.2. The van der Waals surface area contributed by atoms with E-state index < -0.39 is 15.9 Å². The second-order valence-corrected chi connectivity index (χ2v) is 5.03. The number of sulfonamides is 1. The van der Waals surface area contributed by atoms with Crippen LogP contribution in [-0.4, -0.2) is 33.7 Å². The highest BCUT2D eigenvalue weighted by Crippen LogP contribution is 2.09. The van der Waals surface area contributed by atoms with E-state index in [1.165, 1.54) is 0 Å². The summed E-state index contributed by atoms with van der Waals surface area (Å²) < 4.78 is 23.4. The summed E-state index contributed by atoms with van der Waals surface area (Å²) in [6, 6.07) is 0. The monoisotopic (exact) mass is 206 g/mol. The molecule has 1 aliphatic heterocycles. The molecule has 0 aromatic rings. The van der Waals surface area contributed by atoms with Crippen LogP contribution < -0.4 is 10.0 Å². The first-order chi connectivity index (χ1) is 5.99. The van der Waals surface area contributed by atoms with Crippen LogP contribution in [0.25, 0.3) is 0 Å². The minimum Gasteiger partial charge on any atom is -0.316 e. The fourth-order valence-corrected chi connectivity index (χ4v) is 1.87. The molecule has 1 fully saturated rings. The summed E-state index contributed by atoms with van der Waals surface area (Å²) in [6.45, 7) is 1.48. The average molecular weight is 206 g/mol. The normalized spacial score (nSPS) is 23.9. The zero-order valence-corrected chi connectivity index (χ0v) is 8.36. The Morgan fingerprint density at radius 2 is 2.23 bits per heavy atom. The fraction of sp³-hybridized carbons (Fsp3) is 0.857. The van der Waals surface area contributed by atoms with Crippen LogP contribution in [0.1, 0.15) is 12.8 Å². The lowest BCUT2D eigenvalue weighted by atomic mass is 9.99.